The van der Waals surface area contributed by atoms with Crippen LogP contribution in [0.5, 0.6) is 5.75 Å². The molecule has 0 bridgehead atoms. The number of hydrogen-bond acceptors (Lipinski definition) is 7. The second kappa shape index (κ2) is 9.82. The number of carbonyl (C=O) groups is 1. The number of nitrogens with two attached hydrogens (primary N) is 2. The molecule has 3 rings (SSSR count). The number of aromatic nitrogens is 1. The molecule has 0 atom stereocenters. The van der Waals surface area contributed by atoms with E-state index in [-0.39, 0.29) is 18.8 Å². The predicted octanol–water partition coefficient (Wildman–Crippen LogP) is 2.70. The SMILES string of the molecule is CN(CC1CC1)C(=O)OC/C(=C(/N)c1ccc(OC2CCCCC2)cn1)N(C)N. The van der Waals surface area contributed by atoms with Crippen molar-refractivity contribution >= 4 is 11.8 Å². The zero-order chi connectivity index (χ0) is 20.8. The van der Waals surface area contributed by atoms with Gasteiger partial charge in [0.25, 0.3) is 0 Å². The topological polar surface area (TPSA) is 107 Å². The molecule has 29 heavy (non-hydrogen) atoms. The van der Waals surface area contributed by atoms with E-state index in [9.17, 15) is 4.79 Å². The van der Waals surface area contributed by atoms with Crippen LogP contribution in [0, 0.1) is 5.92 Å². The fraction of sp³-hybridized carbons (Fsp3) is 0.619. The number of nitrogens with zero attached hydrogens (tertiary/aromatic N) is 3. The van der Waals surface area contributed by atoms with Crippen molar-refractivity contribution in [1.82, 2.24) is 14.9 Å². The lowest BCUT2D eigenvalue weighted by atomic mass is 9.98. The van der Waals surface area contributed by atoms with E-state index in [0.29, 0.717) is 23.0 Å². The number of carbonyl (C=O) groups excluding carboxylic acids is 1. The molecular weight excluding hydrogens is 370 g/mol. The number of hydrogen-bond donors (Lipinski definition) is 2. The molecule has 2 saturated carbocycles. The van der Waals surface area contributed by atoms with E-state index in [1.54, 1.807) is 31.3 Å². The van der Waals surface area contributed by atoms with Crippen molar-refractivity contribution in [3.8, 4) is 5.75 Å². The molecule has 1 aromatic heterocycles. The third-order valence-electron chi connectivity index (χ3n) is 5.48. The molecule has 2 fully saturated rings. The normalized spacial score (nSPS) is 18.0. The Labute approximate surface area is 172 Å². The first-order chi connectivity index (χ1) is 13.9. The maximum atomic E-state index is 12.2. The molecule has 8 nitrogen and oxygen atoms in total. The van der Waals surface area contributed by atoms with Crippen LogP contribution in [0.25, 0.3) is 5.70 Å². The lowest BCUT2D eigenvalue weighted by Gasteiger charge is -2.23. The third-order valence-corrected chi connectivity index (χ3v) is 5.48. The van der Waals surface area contributed by atoms with Crippen LogP contribution in [0.3, 0.4) is 0 Å². The summed E-state index contributed by atoms with van der Waals surface area (Å²) in [5, 5.41) is 1.36. The highest BCUT2D eigenvalue weighted by molar-refractivity contribution is 5.68. The molecule has 0 spiro atoms. The molecule has 1 amide bonds. The Bertz CT molecular complexity index is 710. The Morgan fingerprint density at radius 2 is 1.90 bits per heavy atom. The molecule has 160 valence electrons. The number of pyridine rings is 1. The maximum absolute atomic E-state index is 12.2. The molecule has 8 heteroatoms. The molecule has 2 aliphatic carbocycles. The van der Waals surface area contributed by atoms with E-state index in [1.807, 2.05) is 6.07 Å². The van der Waals surface area contributed by atoms with Gasteiger partial charge in [0.1, 0.15) is 12.4 Å². The van der Waals surface area contributed by atoms with Gasteiger partial charge in [0, 0.05) is 20.6 Å². The average Bonchev–Trinajstić information content (AvgIpc) is 3.53. The molecule has 0 aromatic carbocycles. The fourth-order valence-corrected chi connectivity index (χ4v) is 3.50. The standard InChI is InChI=1S/C21H33N5O3/c1-25(13-15-8-9-15)21(27)28-14-19(26(2)23)20(22)18-11-10-17(12-24-18)29-16-6-4-3-5-7-16/h10-12,15-16H,3-9,13-14,22-23H2,1-2H3/b20-19-. The van der Waals surface area contributed by atoms with Gasteiger partial charge in [-0.25, -0.2) is 10.6 Å². The summed E-state index contributed by atoms with van der Waals surface area (Å²) >= 11 is 0. The molecule has 1 aromatic rings. The summed E-state index contributed by atoms with van der Waals surface area (Å²) in [5.74, 6) is 7.26. The Morgan fingerprint density at radius 1 is 1.17 bits per heavy atom. The molecule has 0 radical (unpaired) electrons. The maximum Gasteiger partial charge on any atom is 0.409 e. The first-order valence-electron chi connectivity index (χ1n) is 10.4. The smallest absolute Gasteiger partial charge is 0.409 e. The average molecular weight is 404 g/mol. The minimum atomic E-state index is -0.381. The van der Waals surface area contributed by atoms with Gasteiger partial charge >= 0.3 is 6.09 Å². The number of amides is 1. The van der Waals surface area contributed by atoms with Crippen molar-refractivity contribution in [3.05, 3.63) is 29.7 Å². The molecule has 0 aliphatic heterocycles. The van der Waals surface area contributed by atoms with Crippen LogP contribution in [-0.4, -0.2) is 54.3 Å². The summed E-state index contributed by atoms with van der Waals surface area (Å²) in [6, 6.07) is 3.67. The highest BCUT2D eigenvalue weighted by atomic mass is 16.6. The van der Waals surface area contributed by atoms with Gasteiger partial charge in [-0.1, -0.05) is 6.42 Å². The van der Waals surface area contributed by atoms with E-state index in [2.05, 4.69) is 4.98 Å². The molecule has 2 aliphatic rings. The summed E-state index contributed by atoms with van der Waals surface area (Å²) in [6.45, 7) is 0.699. The molecule has 0 saturated heterocycles. The lowest BCUT2D eigenvalue weighted by molar-refractivity contribution is 0.112. The van der Waals surface area contributed by atoms with Gasteiger partial charge in [-0.3, -0.25) is 4.98 Å². The Balaban J connectivity index is 1.61. The van der Waals surface area contributed by atoms with Crippen LogP contribution in [0.4, 0.5) is 4.79 Å². The number of likely N-dealkylation sites (N-methyl/N-ethyl adjacent to an activating group) is 1. The van der Waals surface area contributed by atoms with Gasteiger partial charge in [0.2, 0.25) is 0 Å². The number of rotatable bonds is 8. The van der Waals surface area contributed by atoms with Crippen LogP contribution in [0.1, 0.15) is 50.6 Å². The summed E-state index contributed by atoms with van der Waals surface area (Å²) in [7, 11) is 3.40. The van der Waals surface area contributed by atoms with Gasteiger partial charge in [-0.05, 0) is 56.6 Å². The predicted molar refractivity (Wildman–Crippen MR) is 111 cm³/mol. The van der Waals surface area contributed by atoms with E-state index in [4.69, 9.17) is 21.1 Å². The van der Waals surface area contributed by atoms with Crippen molar-refractivity contribution in [2.24, 2.45) is 17.5 Å². The second-order valence-corrected chi connectivity index (χ2v) is 8.11. The minimum absolute atomic E-state index is 0.0192. The van der Waals surface area contributed by atoms with Gasteiger partial charge in [-0.15, -0.1) is 0 Å². The van der Waals surface area contributed by atoms with E-state index in [1.165, 1.54) is 37.1 Å². The quantitative estimate of drug-likeness (QED) is 0.507. The van der Waals surface area contributed by atoms with Gasteiger partial charge in [0.05, 0.1) is 29.4 Å². The Kier molecular flexibility index (Phi) is 7.19. The molecular formula is C21H33N5O3. The molecule has 0 unspecified atom stereocenters. The van der Waals surface area contributed by atoms with Crippen LogP contribution in [0.15, 0.2) is 24.0 Å². The van der Waals surface area contributed by atoms with Gasteiger partial charge in [-0.2, -0.15) is 0 Å². The zero-order valence-corrected chi connectivity index (χ0v) is 17.5. The van der Waals surface area contributed by atoms with Crippen LogP contribution < -0.4 is 16.3 Å². The van der Waals surface area contributed by atoms with Gasteiger partial charge in [0.15, 0.2) is 0 Å². The van der Waals surface area contributed by atoms with E-state index >= 15 is 0 Å². The summed E-state index contributed by atoms with van der Waals surface area (Å²) in [6.07, 6.45) is 9.81. The number of ether oxygens (including phenoxy) is 2. The highest BCUT2D eigenvalue weighted by Crippen LogP contribution is 2.29. The molecule has 4 N–H and O–H groups in total. The minimum Gasteiger partial charge on any atom is -0.489 e. The largest absolute Gasteiger partial charge is 0.489 e. The lowest BCUT2D eigenvalue weighted by Crippen LogP contribution is -2.34. The number of hydrazine groups is 1. The zero-order valence-electron chi connectivity index (χ0n) is 17.5. The highest BCUT2D eigenvalue weighted by Gasteiger charge is 2.25. The van der Waals surface area contributed by atoms with Crippen molar-refractivity contribution in [2.75, 3.05) is 27.2 Å². The van der Waals surface area contributed by atoms with Crippen LogP contribution in [-0.2, 0) is 4.74 Å². The van der Waals surface area contributed by atoms with Crippen molar-refractivity contribution in [1.29, 1.82) is 0 Å². The van der Waals surface area contributed by atoms with E-state index in [0.717, 1.165) is 25.1 Å². The van der Waals surface area contributed by atoms with Gasteiger partial charge < -0.3 is 25.1 Å². The first kappa shape index (κ1) is 21.2. The Morgan fingerprint density at radius 3 is 2.48 bits per heavy atom. The monoisotopic (exact) mass is 403 g/mol. The van der Waals surface area contributed by atoms with E-state index < -0.39 is 0 Å². The Hall–Kier alpha value is -2.48. The molecule has 1 heterocycles. The third kappa shape index (κ3) is 6.25. The summed E-state index contributed by atoms with van der Waals surface area (Å²) < 4.78 is 11.4. The van der Waals surface area contributed by atoms with Crippen LogP contribution >= 0.6 is 0 Å². The van der Waals surface area contributed by atoms with Crippen molar-refractivity contribution in [2.45, 2.75) is 51.0 Å². The van der Waals surface area contributed by atoms with Crippen molar-refractivity contribution in [3.63, 3.8) is 0 Å². The fourth-order valence-electron chi connectivity index (χ4n) is 3.50. The first-order valence-corrected chi connectivity index (χ1v) is 10.4. The summed E-state index contributed by atoms with van der Waals surface area (Å²) in [5.41, 5.74) is 7.71. The summed E-state index contributed by atoms with van der Waals surface area (Å²) in [4.78, 5) is 18.2. The van der Waals surface area contributed by atoms with Crippen LogP contribution in [0.2, 0.25) is 0 Å². The second-order valence-electron chi connectivity index (χ2n) is 8.11. The van der Waals surface area contributed by atoms with Crippen molar-refractivity contribution < 1.29 is 14.3 Å².